The molecule has 0 fully saturated rings. The molecule has 0 spiro atoms. The highest BCUT2D eigenvalue weighted by atomic mass is 32.1. The van der Waals surface area contributed by atoms with Crippen molar-refractivity contribution in [3.05, 3.63) is 68.7 Å². The zero-order valence-electron chi connectivity index (χ0n) is 12.4. The van der Waals surface area contributed by atoms with Crippen LogP contribution in [0, 0.1) is 0 Å². The summed E-state index contributed by atoms with van der Waals surface area (Å²) in [5.74, 6) is 0.984. The Bertz CT molecular complexity index is 1060. The molecular formula is C17H13N3O2S. The maximum atomic E-state index is 12.4. The predicted molar refractivity (Wildman–Crippen MR) is 89.4 cm³/mol. The molecule has 0 N–H and O–H groups in total. The van der Waals surface area contributed by atoms with Crippen LogP contribution in [0.25, 0.3) is 22.6 Å². The molecule has 0 aliphatic heterocycles. The highest BCUT2D eigenvalue weighted by Crippen LogP contribution is 2.16. The van der Waals surface area contributed by atoms with E-state index in [0.29, 0.717) is 21.1 Å². The van der Waals surface area contributed by atoms with E-state index in [9.17, 15) is 4.79 Å². The number of thiazole rings is 1. The molecule has 0 saturated heterocycles. The standard InChI is InChI=1S/C17H13N3O2S/c1-2-11-5-7-12(8-6-11)10-14-16(21)20-17(23-14)18-15(19-20)13-4-3-9-22-13/h3-10H,2H2,1H3/b14-10-. The second kappa shape index (κ2) is 5.48. The van der Waals surface area contributed by atoms with Gasteiger partial charge in [-0.2, -0.15) is 9.50 Å². The molecule has 0 aliphatic rings. The fourth-order valence-electron chi connectivity index (χ4n) is 2.34. The van der Waals surface area contributed by atoms with E-state index in [1.54, 1.807) is 18.4 Å². The van der Waals surface area contributed by atoms with Crippen LogP contribution in [0.4, 0.5) is 0 Å². The van der Waals surface area contributed by atoms with Crippen molar-refractivity contribution in [2.24, 2.45) is 0 Å². The fourth-order valence-corrected chi connectivity index (χ4v) is 3.25. The predicted octanol–water partition coefficient (Wildman–Crippen LogP) is 2.52. The minimum atomic E-state index is -0.158. The van der Waals surface area contributed by atoms with Gasteiger partial charge in [-0.25, -0.2) is 0 Å². The molecule has 0 aliphatic carbocycles. The number of furan rings is 1. The summed E-state index contributed by atoms with van der Waals surface area (Å²) in [6.45, 7) is 2.12. The molecule has 0 radical (unpaired) electrons. The van der Waals surface area contributed by atoms with E-state index in [0.717, 1.165) is 12.0 Å². The van der Waals surface area contributed by atoms with Gasteiger partial charge in [-0.15, -0.1) is 5.10 Å². The van der Waals surface area contributed by atoms with Crippen LogP contribution >= 0.6 is 11.3 Å². The van der Waals surface area contributed by atoms with E-state index in [4.69, 9.17) is 4.42 Å². The van der Waals surface area contributed by atoms with Gasteiger partial charge in [0.2, 0.25) is 10.8 Å². The first-order valence-electron chi connectivity index (χ1n) is 7.28. The van der Waals surface area contributed by atoms with Gasteiger partial charge in [0.05, 0.1) is 10.8 Å². The van der Waals surface area contributed by atoms with Crippen LogP contribution in [0.15, 0.2) is 51.9 Å². The number of benzene rings is 1. The third-order valence-corrected chi connectivity index (χ3v) is 4.57. The summed E-state index contributed by atoms with van der Waals surface area (Å²) >= 11 is 1.33. The minimum Gasteiger partial charge on any atom is -0.461 e. The van der Waals surface area contributed by atoms with Crippen molar-refractivity contribution in [3.8, 4) is 11.6 Å². The van der Waals surface area contributed by atoms with Gasteiger partial charge in [0.25, 0.3) is 5.56 Å². The Labute approximate surface area is 135 Å². The number of aryl methyl sites for hydroxylation is 1. The molecule has 23 heavy (non-hydrogen) atoms. The summed E-state index contributed by atoms with van der Waals surface area (Å²) in [5.41, 5.74) is 2.11. The molecule has 0 atom stereocenters. The van der Waals surface area contributed by atoms with E-state index in [1.807, 2.05) is 18.2 Å². The van der Waals surface area contributed by atoms with Gasteiger partial charge in [-0.3, -0.25) is 4.79 Å². The number of hydrogen-bond acceptors (Lipinski definition) is 5. The molecule has 114 valence electrons. The lowest BCUT2D eigenvalue weighted by Gasteiger charge is -1.96. The summed E-state index contributed by atoms with van der Waals surface area (Å²) < 4.78 is 7.21. The first-order chi connectivity index (χ1) is 11.2. The van der Waals surface area contributed by atoms with Crippen LogP contribution in [-0.4, -0.2) is 14.6 Å². The molecule has 5 nitrogen and oxygen atoms in total. The lowest BCUT2D eigenvalue weighted by Crippen LogP contribution is -2.23. The topological polar surface area (TPSA) is 60.4 Å². The zero-order valence-corrected chi connectivity index (χ0v) is 13.2. The molecule has 6 heteroatoms. The van der Waals surface area contributed by atoms with Gasteiger partial charge in [0.1, 0.15) is 0 Å². The molecule has 4 aromatic rings. The number of nitrogens with zero attached hydrogens (tertiary/aromatic N) is 3. The highest BCUT2D eigenvalue weighted by Gasteiger charge is 2.13. The zero-order chi connectivity index (χ0) is 15.8. The van der Waals surface area contributed by atoms with Crippen molar-refractivity contribution >= 4 is 22.4 Å². The van der Waals surface area contributed by atoms with Crippen molar-refractivity contribution < 1.29 is 4.42 Å². The van der Waals surface area contributed by atoms with Gasteiger partial charge in [0.15, 0.2) is 5.76 Å². The molecule has 0 unspecified atom stereocenters. The Morgan fingerprint density at radius 1 is 1.26 bits per heavy atom. The van der Waals surface area contributed by atoms with Crippen LogP contribution in [0.3, 0.4) is 0 Å². The molecule has 0 amide bonds. The van der Waals surface area contributed by atoms with Crippen LogP contribution in [-0.2, 0) is 6.42 Å². The van der Waals surface area contributed by atoms with E-state index in [2.05, 4.69) is 29.1 Å². The summed E-state index contributed by atoms with van der Waals surface area (Å²) in [4.78, 5) is 17.4. The SMILES string of the molecule is CCc1ccc(/C=c2\sc3nc(-c4ccco4)nn3c2=O)cc1. The average molecular weight is 323 g/mol. The van der Waals surface area contributed by atoms with Gasteiger partial charge in [-0.05, 0) is 35.8 Å². The minimum absolute atomic E-state index is 0.158. The Morgan fingerprint density at radius 3 is 2.74 bits per heavy atom. The number of fused-ring (bicyclic) bond motifs is 1. The fraction of sp³-hybridized carbons (Fsp3) is 0.118. The van der Waals surface area contributed by atoms with Crippen molar-refractivity contribution in [1.82, 2.24) is 14.6 Å². The lowest BCUT2D eigenvalue weighted by molar-refractivity contribution is 0.577. The summed E-state index contributed by atoms with van der Waals surface area (Å²) in [7, 11) is 0. The summed E-state index contributed by atoms with van der Waals surface area (Å²) in [5, 5.41) is 4.23. The van der Waals surface area contributed by atoms with E-state index in [1.165, 1.54) is 21.4 Å². The quantitative estimate of drug-likeness (QED) is 0.581. The van der Waals surface area contributed by atoms with E-state index < -0.39 is 0 Å². The molecule has 3 aromatic heterocycles. The first kappa shape index (κ1) is 13.9. The van der Waals surface area contributed by atoms with Gasteiger partial charge in [-0.1, -0.05) is 42.5 Å². The normalized spacial score (nSPS) is 12.3. The van der Waals surface area contributed by atoms with Crippen LogP contribution in [0.2, 0.25) is 0 Å². The number of hydrogen-bond donors (Lipinski definition) is 0. The van der Waals surface area contributed by atoms with Crippen LogP contribution in [0.1, 0.15) is 18.1 Å². The molecule has 1 aromatic carbocycles. The maximum Gasteiger partial charge on any atom is 0.291 e. The van der Waals surface area contributed by atoms with Crippen molar-refractivity contribution in [2.75, 3.05) is 0 Å². The van der Waals surface area contributed by atoms with Crippen molar-refractivity contribution in [2.45, 2.75) is 13.3 Å². The van der Waals surface area contributed by atoms with Crippen LogP contribution < -0.4 is 10.1 Å². The van der Waals surface area contributed by atoms with Crippen molar-refractivity contribution in [1.29, 1.82) is 0 Å². The van der Waals surface area contributed by atoms with E-state index >= 15 is 0 Å². The third-order valence-electron chi connectivity index (χ3n) is 3.61. The average Bonchev–Trinajstić information content (AvgIpc) is 3.27. The Balaban J connectivity index is 1.79. The molecule has 0 bridgehead atoms. The van der Waals surface area contributed by atoms with Crippen LogP contribution in [0.5, 0.6) is 0 Å². The smallest absolute Gasteiger partial charge is 0.291 e. The Hall–Kier alpha value is -2.73. The second-order valence-electron chi connectivity index (χ2n) is 5.12. The van der Waals surface area contributed by atoms with Gasteiger partial charge >= 0.3 is 0 Å². The number of aromatic nitrogens is 3. The second-order valence-corrected chi connectivity index (χ2v) is 6.13. The highest BCUT2D eigenvalue weighted by molar-refractivity contribution is 7.15. The van der Waals surface area contributed by atoms with Gasteiger partial charge in [0, 0.05) is 0 Å². The van der Waals surface area contributed by atoms with Crippen molar-refractivity contribution in [3.63, 3.8) is 0 Å². The monoisotopic (exact) mass is 323 g/mol. The Kier molecular flexibility index (Phi) is 3.31. The molecule has 4 rings (SSSR count). The first-order valence-corrected chi connectivity index (χ1v) is 8.10. The Morgan fingerprint density at radius 2 is 2.09 bits per heavy atom. The third kappa shape index (κ3) is 2.47. The largest absolute Gasteiger partial charge is 0.461 e. The molecule has 0 saturated carbocycles. The summed E-state index contributed by atoms with van der Waals surface area (Å²) in [6.07, 6.45) is 4.43. The maximum absolute atomic E-state index is 12.4. The summed E-state index contributed by atoms with van der Waals surface area (Å²) in [6, 6.07) is 11.7. The van der Waals surface area contributed by atoms with E-state index in [-0.39, 0.29) is 5.56 Å². The molecule has 3 heterocycles. The molecular weight excluding hydrogens is 310 g/mol. The lowest BCUT2D eigenvalue weighted by atomic mass is 10.1. The van der Waals surface area contributed by atoms with Gasteiger partial charge < -0.3 is 4.42 Å². The number of rotatable bonds is 3.